The predicted octanol–water partition coefficient (Wildman–Crippen LogP) is 5.78. The van der Waals surface area contributed by atoms with Crippen molar-refractivity contribution in [1.82, 2.24) is 0 Å². The largest absolute Gasteiger partial charge is 0.324 e. The zero-order chi connectivity index (χ0) is 21.5. The number of rotatable bonds is 12. The molecule has 0 aliphatic carbocycles. The Labute approximate surface area is 172 Å². The Kier molecular flexibility index (Phi) is 13.8. The van der Waals surface area contributed by atoms with E-state index in [1.807, 2.05) is 6.92 Å². The van der Waals surface area contributed by atoms with E-state index in [1.165, 1.54) is 63.5 Å². The van der Waals surface area contributed by atoms with Crippen molar-refractivity contribution in [3.8, 4) is 6.07 Å². The molecule has 3 N–H and O–H groups in total. The van der Waals surface area contributed by atoms with Crippen molar-refractivity contribution in [3.63, 3.8) is 0 Å². The van der Waals surface area contributed by atoms with E-state index in [1.54, 1.807) is 12.1 Å². The number of benzene rings is 1. The SMILES string of the molecule is CCCCCCC(N)(CC#N)CCCCCC.Cc1ccc(S(=O)(=O)O)cc1. The Balaban J connectivity index is 0.000000567. The van der Waals surface area contributed by atoms with E-state index in [9.17, 15) is 8.42 Å². The topological polar surface area (TPSA) is 104 Å². The molecule has 1 aromatic carbocycles. The minimum atomic E-state index is -4.02. The molecule has 0 unspecified atom stereocenters. The molecule has 0 amide bonds. The zero-order valence-electron chi connectivity index (χ0n) is 17.8. The molecule has 0 saturated carbocycles. The first-order valence-corrected chi connectivity index (χ1v) is 11.8. The molecular formula is C22H38N2O3S. The molecule has 0 bridgehead atoms. The quantitative estimate of drug-likeness (QED) is 0.336. The fourth-order valence-electron chi connectivity index (χ4n) is 2.98. The second-order valence-electron chi connectivity index (χ2n) is 7.61. The fraction of sp³-hybridized carbons (Fsp3) is 0.682. The Bertz CT molecular complexity index is 652. The molecule has 0 atom stereocenters. The van der Waals surface area contributed by atoms with Gasteiger partial charge in [-0.25, -0.2) is 0 Å². The van der Waals surface area contributed by atoms with Gasteiger partial charge in [-0.3, -0.25) is 4.55 Å². The summed E-state index contributed by atoms with van der Waals surface area (Å²) in [5, 5.41) is 8.88. The molecule has 0 aromatic heterocycles. The van der Waals surface area contributed by atoms with Crippen molar-refractivity contribution in [3.05, 3.63) is 29.8 Å². The Morgan fingerprint density at radius 1 is 0.964 bits per heavy atom. The highest BCUT2D eigenvalue weighted by Crippen LogP contribution is 2.23. The van der Waals surface area contributed by atoms with Crippen molar-refractivity contribution in [2.75, 3.05) is 0 Å². The van der Waals surface area contributed by atoms with Gasteiger partial charge in [-0.2, -0.15) is 13.7 Å². The summed E-state index contributed by atoms with van der Waals surface area (Å²) < 4.78 is 29.6. The van der Waals surface area contributed by atoms with Crippen molar-refractivity contribution in [2.24, 2.45) is 5.73 Å². The summed E-state index contributed by atoms with van der Waals surface area (Å²) in [6.45, 7) is 6.28. The lowest BCUT2D eigenvalue weighted by atomic mass is 9.85. The highest BCUT2D eigenvalue weighted by atomic mass is 32.2. The van der Waals surface area contributed by atoms with Gasteiger partial charge in [-0.1, -0.05) is 82.9 Å². The summed E-state index contributed by atoms with van der Waals surface area (Å²) in [6, 6.07) is 8.25. The maximum Gasteiger partial charge on any atom is 0.294 e. The van der Waals surface area contributed by atoms with Gasteiger partial charge in [0.05, 0.1) is 17.4 Å². The summed E-state index contributed by atoms with van der Waals surface area (Å²) in [4.78, 5) is -0.0666. The van der Waals surface area contributed by atoms with Gasteiger partial charge in [0.1, 0.15) is 0 Å². The standard InChI is InChI=1S/C15H30N2.C7H8O3S/c1-3-5-7-9-11-15(17,13-14-16)12-10-8-6-4-2;1-6-2-4-7(5-3-6)11(8,9)10/h3-13,17H2,1-2H3;2-5H,1H3,(H,8,9,10). The van der Waals surface area contributed by atoms with E-state index in [0.717, 1.165) is 18.4 Å². The van der Waals surface area contributed by atoms with Crippen molar-refractivity contribution >= 4 is 10.1 Å². The average Bonchev–Trinajstić information content (AvgIpc) is 2.63. The van der Waals surface area contributed by atoms with Gasteiger partial charge in [0.15, 0.2) is 0 Å². The first kappa shape index (κ1) is 26.6. The molecule has 1 rings (SSSR count). The minimum absolute atomic E-state index is 0.0666. The Hall–Kier alpha value is -1.42. The third-order valence-electron chi connectivity index (χ3n) is 4.81. The molecule has 160 valence electrons. The third-order valence-corrected chi connectivity index (χ3v) is 5.67. The first-order valence-electron chi connectivity index (χ1n) is 10.4. The lowest BCUT2D eigenvalue weighted by Gasteiger charge is -2.27. The summed E-state index contributed by atoms with van der Waals surface area (Å²) in [5.74, 6) is 0. The highest BCUT2D eigenvalue weighted by molar-refractivity contribution is 7.85. The zero-order valence-corrected chi connectivity index (χ0v) is 18.6. The van der Waals surface area contributed by atoms with Gasteiger partial charge in [-0.15, -0.1) is 0 Å². The number of aryl methyl sites for hydroxylation is 1. The van der Waals surface area contributed by atoms with Crippen LogP contribution in [0, 0.1) is 18.3 Å². The van der Waals surface area contributed by atoms with Gasteiger partial charge in [0, 0.05) is 5.54 Å². The molecule has 0 aliphatic rings. The third kappa shape index (κ3) is 12.9. The summed E-state index contributed by atoms with van der Waals surface area (Å²) in [7, 11) is -4.02. The normalized spacial score (nSPS) is 11.4. The first-order chi connectivity index (χ1) is 13.2. The molecule has 0 aliphatic heterocycles. The van der Waals surface area contributed by atoms with Crippen LogP contribution in [0.15, 0.2) is 29.2 Å². The summed E-state index contributed by atoms with van der Waals surface area (Å²) in [6.07, 6.45) is 12.5. The van der Waals surface area contributed by atoms with E-state index in [2.05, 4.69) is 19.9 Å². The number of nitrogens with zero attached hydrogens (tertiary/aromatic N) is 1. The van der Waals surface area contributed by atoms with Crippen LogP contribution in [0.25, 0.3) is 0 Å². The number of nitriles is 1. The van der Waals surface area contributed by atoms with E-state index in [0.29, 0.717) is 6.42 Å². The van der Waals surface area contributed by atoms with Crippen LogP contribution in [0.3, 0.4) is 0 Å². The van der Waals surface area contributed by atoms with Crippen LogP contribution in [-0.4, -0.2) is 18.5 Å². The minimum Gasteiger partial charge on any atom is -0.324 e. The number of nitrogens with two attached hydrogens (primary N) is 1. The van der Waals surface area contributed by atoms with Gasteiger partial charge in [0.2, 0.25) is 0 Å². The molecule has 6 heteroatoms. The van der Waals surface area contributed by atoms with Crippen LogP contribution < -0.4 is 5.73 Å². The molecule has 0 heterocycles. The van der Waals surface area contributed by atoms with Crippen LogP contribution in [0.5, 0.6) is 0 Å². The number of unbranched alkanes of at least 4 members (excludes halogenated alkanes) is 6. The van der Waals surface area contributed by atoms with Gasteiger partial charge < -0.3 is 5.73 Å². The Morgan fingerprint density at radius 2 is 1.43 bits per heavy atom. The average molecular weight is 411 g/mol. The molecule has 1 aromatic rings. The number of hydrogen-bond acceptors (Lipinski definition) is 4. The molecule has 0 spiro atoms. The summed E-state index contributed by atoms with van der Waals surface area (Å²) in [5.41, 5.74) is 7.09. The fourth-order valence-corrected chi connectivity index (χ4v) is 3.46. The second kappa shape index (κ2) is 14.6. The van der Waals surface area contributed by atoms with E-state index in [-0.39, 0.29) is 10.4 Å². The van der Waals surface area contributed by atoms with E-state index in [4.69, 9.17) is 15.5 Å². The van der Waals surface area contributed by atoms with Gasteiger partial charge in [-0.05, 0) is 31.9 Å². The van der Waals surface area contributed by atoms with Crippen molar-refractivity contribution < 1.29 is 13.0 Å². The van der Waals surface area contributed by atoms with E-state index >= 15 is 0 Å². The second-order valence-corrected chi connectivity index (χ2v) is 9.03. The molecule has 0 fully saturated rings. The summed E-state index contributed by atoms with van der Waals surface area (Å²) >= 11 is 0. The van der Waals surface area contributed by atoms with Crippen LogP contribution >= 0.6 is 0 Å². The molecule has 5 nitrogen and oxygen atoms in total. The van der Waals surface area contributed by atoms with Gasteiger partial charge >= 0.3 is 0 Å². The molecule has 28 heavy (non-hydrogen) atoms. The van der Waals surface area contributed by atoms with Crippen LogP contribution in [-0.2, 0) is 10.1 Å². The van der Waals surface area contributed by atoms with Gasteiger partial charge in [0.25, 0.3) is 10.1 Å². The van der Waals surface area contributed by atoms with E-state index < -0.39 is 10.1 Å². The predicted molar refractivity (Wildman–Crippen MR) is 116 cm³/mol. The molecular weight excluding hydrogens is 372 g/mol. The maximum atomic E-state index is 10.5. The smallest absolute Gasteiger partial charge is 0.294 e. The monoisotopic (exact) mass is 410 g/mol. The van der Waals surface area contributed by atoms with Crippen LogP contribution in [0.1, 0.15) is 90.0 Å². The number of hydrogen-bond donors (Lipinski definition) is 2. The lowest BCUT2D eigenvalue weighted by Crippen LogP contribution is -2.39. The Morgan fingerprint density at radius 3 is 1.79 bits per heavy atom. The van der Waals surface area contributed by atoms with Crippen molar-refractivity contribution in [1.29, 1.82) is 5.26 Å². The highest BCUT2D eigenvalue weighted by Gasteiger charge is 2.23. The molecule has 0 saturated heterocycles. The van der Waals surface area contributed by atoms with Crippen LogP contribution in [0.4, 0.5) is 0 Å². The maximum absolute atomic E-state index is 10.5. The van der Waals surface area contributed by atoms with Crippen molar-refractivity contribution in [2.45, 2.75) is 102 Å². The van der Waals surface area contributed by atoms with Crippen LogP contribution in [0.2, 0.25) is 0 Å². The lowest BCUT2D eigenvalue weighted by molar-refractivity contribution is 0.341. The molecule has 0 radical (unpaired) electrons.